The molecule has 1 aliphatic rings. The standard InChI is InChI=1S/C3H5FN2O/c4-2-1-6-3(5)7-2/h2H,1H2,(H2,5,6). The van der Waals surface area contributed by atoms with Crippen LogP contribution in [0.2, 0.25) is 0 Å². The van der Waals surface area contributed by atoms with Crippen LogP contribution in [0.1, 0.15) is 0 Å². The summed E-state index contributed by atoms with van der Waals surface area (Å²) in [5.74, 6) is 0. The molecule has 1 heterocycles. The van der Waals surface area contributed by atoms with Gasteiger partial charge in [-0.3, -0.25) is 0 Å². The average molecular weight is 104 g/mol. The van der Waals surface area contributed by atoms with Gasteiger partial charge in [-0.25, -0.2) is 4.99 Å². The number of ether oxygens (including phenoxy) is 1. The van der Waals surface area contributed by atoms with Crippen LogP contribution in [0.4, 0.5) is 4.39 Å². The van der Waals surface area contributed by atoms with E-state index in [1.165, 1.54) is 0 Å². The van der Waals surface area contributed by atoms with Crippen molar-refractivity contribution in [2.75, 3.05) is 6.54 Å². The van der Waals surface area contributed by atoms with Gasteiger partial charge in [0.2, 0.25) is 0 Å². The molecule has 3 nitrogen and oxygen atoms in total. The summed E-state index contributed by atoms with van der Waals surface area (Å²) in [7, 11) is 0. The Morgan fingerprint density at radius 2 is 2.71 bits per heavy atom. The summed E-state index contributed by atoms with van der Waals surface area (Å²) in [6, 6.07) is -0.0486. The first-order chi connectivity index (χ1) is 3.29. The first-order valence-corrected chi connectivity index (χ1v) is 1.89. The van der Waals surface area contributed by atoms with E-state index < -0.39 is 6.36 Å². The van der Waals surface area contributed by atoms with E-state index in [9.17, 15) is 4.39 Å². The second kappa shape index (κ2) is 1.36. The van der Waals surface area contributed by atoms with E-state index in [2.05, 4.69) is 9.73 Å². The molecule has 0 spiro atoms. The Hall–Kier alpha value is -0.800. The Labute approximate surface area is 40.0 Å². The normalized spacial score (nSPS) is 29.3. The van der Waals surface area contributed by atoms with Crippen LogP contribution in [-0.4, -0.2) is 18.9 Å². The smallest absolute Gasteiger partial charge is 0.284 e. The molecule has 0 saturated heterocycles. The van der Waals surface area contributed by atoms with Crippen molar-refractivity contribution in [2.24, 2.45) is 10.7 Å². The van der Waals surface area contributed by atoms with Crippen molar-refractivity contribution in [2.45, 2.75) is 6.36 Å². The molecule has 1 aliphatic heterocycles. The van der Waals surface area contributed by atoms with Gasteiger partial charge in [0.25, 0.3) is 12.4 Å². The number of hydrogen-bond donors (Lipinski definition) is 1. The summed E-state index contributed by atoms with van der Waals surface area (Å²) in [4.78, 5) is 3.41. The van der Waals surface area contributed by atoms with Gasteiger partial charge in [-0.15, -0.1) is 0 Å². The minimum atomic E-state index is -1.31. The number of nitrogens with zero attached hydrogens (tertiary/aromatic N) is 1. The molecular weight excluding hydrogens is 99.0 g/mol. The molecule has 40 valence electrons. The number of hydrogen-bond acceptors (Lipinski definition) is 3. The highest BCUT2D eigenvalue weighted by molar-refractivity contribution is 5.72. The fraction of sp³-hybridized carbons (Fsp3) is 0.667. The zero-order chi connectivity index (χ0) is 5.28. The maximum atomic E-state index is 11.8. The molecule has 1 unspecified atom stereocenters. The lowest BCUT2D eigenvalue weighted by atomic mass is 10.7. The highest BCUT2D eigenvalue weighted by atomic mass is 19.1. The molecule has 7 heavy (non-hydrogen) atoms. The predicted octanol–water partition coefficient (Wildman–Crippen LogP) is -0.373. The summed E-state index contributed by atoms with van der Waals surface area (Å²) in [6.45, 7) is 0.0475. The topological polar surface area (TPSA) is 47.6 Å². The van der Waals surface area contributed by atoms with Gasteiger partial charge in [0.05, 0.1) is 0 Å². The zero-order valence-electron chi connectivity index (χ0n) is 3.60. The summed E-state index contributed by atoms with van der Waals surface area (Å²) < 4.78 is 16.0. The number of rotatable bonds is 0. The maximum Gasteiger partial charge on any atom is 0.284 e. The molecule has 0 fully saturated rings. The molecule has 0 aliphatic carbocycles. The van der Waals surface area contributed by atoms with Crippen LogP contribution in [0.25, 0.3) is 0 Å². The Balaban J connectivity index is 2.42. The molecule has 0 amide bonds. The minimum Gasteiger partial charge on any atom is -0.429 e. The number of nitrogens with two attached hydrogens (primary N) is 1. The summed E-state index contributed by atoms with van der Waals surface area (Å²) in [5.41, 5.74) is 4.91. The Morgan fingerprint density at radius 3 is 2.86 bits per heavy atom. The van der Waals surface area contributed by atoms with Gasteiger partial charge < -0.3 is 10.5 Å². The second-order valence-electron chi connectivity index (χ2n) is 1.21. The van der Waals surface area contributed by atoms with Gasteiger partial charge in [0.15, 0.2) is 0 Å². The zero-order valence-corrected chi connectivity index (χ0v) is 3.60. The summed E-state index contributed by atoms with van der Waals surface area (Å²) >= 11 is 0. The van der Waals surface area contributed by atoms with Gasteiger partial charge in [0.1, 0.15) is 6.54 Å². The van der Waals surface area contributed by atoms with E-state index in [4.69, 9.17) is 5.73 Å². The molecule has 0 aromatic heterocycles. The van der Waals surface area contributed by atoms with Crippen molar-refractivity contribution in [3.63, 3.8) is 0 Å². The highest BCUT2D eigenvalue weighted by Crippen LogP contribution is 2.00. The van der Waals surface area contributed by atoms with Crippen molar-refractivity contribution >= 4 is 6.02 Å². The van der Waals surface area contributed by atoms with Crippen LogP contribution in [0, 0.1) is 0 Å². The van der Waals surface area contributed by atoms with Crippen LogP contribution >= 0.6 is 0 Å². The van der Waals surface area contributed by atoms with Crippen molar-refractivity contribution in [1.29, 1.82) is 0 Å². The van der Waals surface area contributed by atoms with E-state index in [1.54, 1.807) is 0 Å². The molecular formula is C3H5FN2O. The van der Waals surface area contributed by atoms with E-state index in [0.29, 0.717) is 0 Å². The molecule has 4 heteroatoms. The largest absolute Gasteiger partial charge is 0.429 e. The van der Waals surface area contributed by atoms with E-state index >= 15 is 0 Å². The van der Waals surface area contributed by atoms with Gasteiger partial charge >= 0.3 is 0 Å². The fourth-order valence-electron chi connectivity index (χ4n) is 0.367. The van der Waals surface area contributed by atoms with Crippen LogP contribution in [-0.2, 0) is 4.74 Å². The molecule has 0 aromatic carbocycles. The molecule has 1 rings (SSSR count). The van der Waals surface area contributed by atoms with Gasteiger partial charge in [0, 0.05) is 0 Å². The van der Waals surface area contributed by atoms with Crippen LogP contribution in [0.5, 0.6) is 0 Å². The third-order valence-electron chi connectivity index (χ3n) is 0.639. The SMILES string of the molecule is NC1=NCC(F)O1. The monoisotopic (exact) mass is 104 g/mol. The molecule has 1 atom stereocenters. The average Bonchev–Trinajstić information content (AvgIpc) is 1.87. The predicted molar refractivity (Wildman–Crippen MR) is 22.5 cm³/mol. The van der Waals surface area contributed by atoms with E-state index in [0.717, 1.165) is 0 Å². The van der Waals surface area contributed by atoms with Crippen molar-refractivity contribution in [3.05, 3.63) is 0 Å². The Bertz CT molecular complexity index is 103. The Kier molecular flexibility index (Phi) is 0.850. The first kappa shape index (κ1) is 4.36. The molecule has 0 saturated carbocycles. The van der Waals surface area contributed by atoms with E-state index in [1.807, 2.05) is 0 Å². The lowest BCUT2D eigenvalue weighted by Crippen LogP contribution is -2.14. The quantitative estimate of drug-likeness (QED) is 0.455. The third kappa shape index (κ3) is 0.792. The number of alkyl halides is 1. The number of amidine groups is 1. The third-order valence-corrected chi connectivity index (χ3v) is 0.639. The fourth-order valence-corrected chi connectivity index (χ4v) is 0.367. The van der Waals surface area contributed by atoms with Crippen LogP contribution in [0.3, 0.4) is 0 Å². The van der Waals surface area contributed by atoms with Crippen molar-refractivity contribution in [3.8, 4) is 0 Å². The summed E-state index contributed by atoms with van der Waals surface area (Å²) in [6.07, 6.45) is -1.31. The summed E-state index contributed by atoms with van der Waals surface area (Å²) in [5, 5.41) is 0. The van der Waals surface area contributed by atoms with Crippen molar-refractivity contribution in [1.82, 2.24) is 0 Å². The first-order valence-electron chi connectivity index (χ1n) is 1.89. The maximum absolute atomic E-state index is 11.8. The van der Waals surface area contributed by atoms with E-state index in [-0.39, 0.29) is 12.6 Å². The van der Waals surface area contributed by atoms with Crippen molar-refractivity contribution < 1.29 is 9.13 Å². The molecule has 0 bridgehead atoms. The minimum absolute atomic E-state index is 0.0475. The molecule has 2 N–H and O–H groups in total. The van der Waals surface area contributed by atoms with Crippen LogP contribution < -0.4 is 5.73 Å². The lowest BCUT2D eigenvalue weighted by molar-refractivity contribution is 0.0832. The van der Waals surface area contributed by atoms with Crippen LogP contribution in [0.15, 0.2) is 4.99 Å². The molecule has 0 aromatic rings. The highest BCUT2D eigenvalue weighted by Gasteiger charge is 2.13. The second-order valence-corrected chi connectivity index (χ2v) is 1.21. The Morgan fingerprint density at radius 1 is 2.00 bits per heavy atom. The lowest BCUT2D eigenvalue weighted by Gasteiger charge is -1.94. The van der Waals surface area contributed by atoms with Gasteiger partial charge in [-0.1, -0.05) is 0 Å². The molecule has 0 radical (unpaired) electrons. The van der Waals surface area contributed by atoms with Gasteiger partial charge in [-0.05, 0) is 0 Å². The number of halogens is 1. The van der Waals surface area contributed by atoms with Gasteiger partial charge in [-0.2, -0.15) is 4.39 Å². The number of aliphatic imine (C=N–C) groups is 1.